The zero-order chi connectivity index (χ0) is 20.3. The summed E-state index contributed by atoms with van der Waals surface area (Å²) in [5.74, 6) is -0.326. The topological polar surface area (TPSA) is 44.8 Å². The summed E-state index contributed by atoms with van der Waals surface area (Å²) in [4.78, 5) is 16.4. The van der Waals surface area contributed by atoms with E-state index in [1.54, 1.807) is 4.90 Å². The van der Waals surface area contributed by atoms with E-state index in [0.29, 0.717) is 18.8 Å². The standard InChI is InChI=1S/C20H22F3N3O2/c1-14-4-3-5-15(2)18(14)25-10-12-26(13-11-25)19(27)24-16-6-8-17(9-7-16)28-20(21,22)23/h3-9H,10-13H2,1-2H3,(H,24,27). The smallest absolute Gasteiger partial charge is 0.406 e. The highest BCUT2D eigenvalue weighted by Crippen LogP contribution is 2.26. The van der Waals surface area contributed by atoms with Crippen molar-refractivity contribution in [3.63, 3.8) is 0 Å². The third-order valence-electron chi connectivity index (χ3n) is 4.66. The largest absolute Gasteiger partial charge is 0.573 e. The average Bonchev–Trinajstić information content (AvgIpc) is 2.62. The number of para-hydroxylation sites is 1. The lowest BCUT2D eigenvalue weighted by molar-refractivity contribution is -0.274. The van der Waals surface area contributed by atoms with Gasteiger partial charge in [0.1, 0.15) is 5.75 Å². The highest BCUT2D eigenvalue weighted by molar-refractivity contribution is 5.89. The van der Waals surface area contributed by atoms with Gasteiger partial charge in [-0.25, -0.2) is 4.79 Å². The van der Waals surface area contributed by atoms with E-state index >= 15 is 0 Å². The summed E-state index contributed by atoms with van der Waals surface area (Å²) < 4.78 is 40.4. The molecule has 5 nitrogen and oxygen atoms in total. The molecule has 1 aliphatic rings. The molecule has 3 rings (SSSR count). The summed E-state index contributed by atoms with van der Waals surface area (Å²) in [6.45, 7) is 6.72. The SMILES string of the molecule is Cc1cccc(C)c1N1CCN(C(=O)Nc2ccc(OC(F)(F)F)cc2)CC1. The number of halogens is 3. The summed E-state index contributed by atoms with van der Waals surface area (Å²) >= 11 is 0. The molecule has 1 saturated heterocycles. The van der Waals surface area contributed by atoms with Crippen molar-refractivity contribution in [1.29, 1.82) is 0 Å². The number of carbonyl (C=O) groups excluding carboxylic acids is 1. The molecular weight excluding hydrogens is 371 g/mol. The van der Waals surface area contributed by atoms with Crippen LogP contribution >= 0.6 is 0 Å². The Morgan fingerprint density at radius 2 is 1.54 bits per heavy atom. The number of benzene rings is 2. The predicted molar refractivity (Wildman–Crippen MR) is 102 cm³/mol. The van der Waals surface area contributed by atoms with Gasteiger partial charge in [-0.3, -0.25) is 0 Å². The first-order valence-electron chi connectivity index (χ1n) is 8.96. The third kappa shape index (κ3) is 4.88. The van der Waals surface area contributed by atoms with Crippen molar-refractivity contribution in [2.75, 3.05) is 36.4 Å². The van der Waals surface area contributed by atoms with Crippen LogP contribution in [0.4, 0.5) is 29.3 Å². The van der Waals surface area contributed by atoms with Crippen molar-refractivity contribution in [3.05, 3.63) is 53.6 Å². The van der Waals surface area contributed by atoms with E-state index in [2.05, 4.69) is 40.9 Å². The average molecular weight is 393 g/mol. The van der Waals surface area contributed by atoms with Crippen LogP contribution in [-0.2, 0) is 0 Å². The number of hydrogen-bond acceptors (Lipinski definition) is 3. The van der Waals surface area contributed by atoms with Crippen molar-refractivity contribution in [2.45, 2.75) is 20.2 Å². The van der Waals surface area contributed by atoms with Crippen molar-refractivity contribution in [2.24, 2.45) is 0 Å². The first kappa shape index (κ1) is 19.9. The minimum absolute atomic E-state index is 0.273. The Morgan fingerprint density at radius 1 is 0.964 bits per heavy atom. The van der Waals surface area contributed by atoms with Crippen LogP contribution in [0.1, 0.15) is 11.1 Å². The molecule has 0 unspecified atom stereocenters. The Morgan fingerprint density at radius 3 is 2.07 bits per heavy atom. The maximum absolute atomic E-state index is 12.4. The molecule has 28 heavy (non-hydrogen) atoms. The van der Waals surface area contributed by atoms with E-state index in [0.717, 1.165) is 13.1 Å². The second-order valence-corrected chi connectivity index (χ2v) is 6.72. The number of piperazine rings is 1. The number of urea groups is 1. The lowest BCUT2D eigenvalue weighted by atomic mass is 10.1. The van der Waals surface area contributed by atoms with Crippen LogP contribution in [0.2, 0.25) is 0 Å². The molecule has 0 radical (unpaired) electrons. The highest BCUT2D eigenvalue weighted by Gasteiger charge is 2.31. The van der Waals surface area contributed by atoms with E-state index in [9.17, 15) is 18.0 Å². The number of rotatable bonds is 3. The molecule has 0 bridgehead atoms. The number of amides is 2. The molecule has 1 fully saturated rings. The summed E-state index contributed by atoms with van der Waals surface area (Å²) in [5, 5.41) is 2.71. The molecule has 2 aromatic rings. The first-order chi connectivity index (χ1) is 13.2. The zero-order valence-corrected chi connectivity index (χ0v) is 15.7. The Labute approximate surface area is 161 Å². The van der Waals surface area contributed by atoms with Gasteiger partial charge in [0.05, 0.1) is 0 Å². The van der Waals surface area contributed by atoms with Gasteiger partial charge in [-0.05, 0) is 49.2 Å². The molecule has 150 valence electrons. The van der Waals surface area contributed by atoms with Crippen LogP contribution in [0, 0.1) is 13.8 Å². The molecule has 0 atom stereocenters. The number of nitrogens with one attached hydrogen (secondary N) is 1. The van der Waals surface area contributed by atoms with Crippen molar-refractivity contribution >= 4 is 17.4 Å². The van der Waals surface area contributed by atoms with E-state index in [-0.39, 0.29) is 11.8 Å². The fourth-order valence-corrected chi connectivity index (χ4v) is 3.38. The molecule has 8 heteroatoms. The molecule has 1 N–H and O–H groups in total. The summed E-state index contributed by atoms with van der Waals surface area (Å²) in [5.41, 5.74) is 4.04. The molecule has 1 heterocycles. The molecular formula is C20H22F3N3O2. The first-order valence-corrected chi connectivity index (χ1v) is 8.96. The van der Waals surface area contributed by atoms with E-state index in [1.165, 1.54) is 41.1 Å². The quantitative estimate of drug-likeness (QED) is 0.832. The molecule has 1 aliphatic heterocycles. The summed E-state index contributed by atoms with van der Waals surface area (Å²) in [6, 6.07) is 11.0. The Balaban J connectivity index is 1.55. The molecule has 0 aromatic heterocycles. The Bertz CT molecular complexity index is 809. The lowest BCUT2D eigenvalue weighted by Gasteiger charge is -2.37. The molecule has 2 aromatic carbocycles. The van der Waals surface area contributed by atoms with Gasteiger partial charge >= 0.3 is 12.4 Å². The number of carbonyl (C=O) groups is 1. The number of ether oxygens (including phenoxy) is 1. The summed E-state index contributed by atoms with van der Waals surface area (Å²) in [7, 11) is 0. The Hall–Kier alpha value is -2.90. The normalized spacial score (nSPS) is 14.8. The Kier molecular flexibility index (Phi) is 5.67. The number of aryl methyl sites for hydroxylation is 2. The minimum atomic E-state index is -4.74. The van der Waals surface area contributed by atoms with Gasteiger partial charge in [0.2, 0.25) is 0 Å². The molecule has 2 amide bonds. The van der Waals surface area contributed by atoms with Crippen LogP contribution in [-0.4, -0.2) is 43.5 Å². The van der Waals surface area contributed by atoms with E-state index < -0.39 is 6.36 Å². The van der Waals surface area contributed by atoms with Gasteiger partial charge in [-0.1, -0.05) is 18.2 Å². The highest BCUT2D eigenvalue weighted by atomic mass is 19.4. The van der Waals surface area contributed by atoms with Crippen molar-refractivity contribution < 1.29 is 22.7 Å². The van der Waals surface area contributed by atoms with Crippen LogP contribution < -0.4 is 15.0 Å². The van der Waals surface area contributed by atoms with E-state index in [4.69, 9.17) is 0 Å². The van der Waals surface area contributed by atoms with Crippen LogP contribution in [0.5, 0.6) is 5.75 Å². The monoisotopic (exact) mass is 393 g/mol. The number of hydrogen-bond donors (Lipinski definition) is 1. The number of alkyl halides is 3. The van der Waals surface area contributed by atoms with E-state index in [1.807, 2.05) is 6.07 Å². The van der Waals surface area contributed by atoms with Gasteiger partial charge in [-0.2, -0.15) is 0 Å². The van der Waals surface area contributed by atoms with Gasteiger partial charge < -0.3 is 19.9 Å². The minimum Gasteiger partial charge on any atom is -0.406 e. The van der Waals surface area contributed by atoms with Crippen LogP contribution in [0.3, 0.4) is 0 Å². The second-order valence-electron chi connectivity index (χ2n) is 6.72. The number of nitrogens with zero attached hydrogens (tertiary/aromatic N) is 2. The van der Waals surface area contributed by atoms with Gasteiger partial charge in [-0.15, -0.1) is 13.2 Å². The molecule has 0 spiro atoms. The van der Waals surface area contributed by atoms with Crippen LogP contribution in [0.25, 0.3) is 0 Å². The maximum atomic E-state index is 12.4. The number of anilines is 2. The van der Waals surface area contributed by atoms with Gasteiger partial charge in [0, 0.05) is 37.6 Å². The van der Waals surface area contributed by atoms with Gasteiger partial charge in [0.15, 0.2) is 0 Å². The maximum Gasteiger partial charge on any atom is 0.573 e. The molecule has 0 saturated carbocycles. The van der Waals surface area contributed by atoms with Crippen molar-refractivity contribution in [1.82, 2.24) is 4.90 Å². The second kappa shape index (κ2) is 8.00. The fraction of sp³-hybridized carbons (Fsp3) is 0.350. The van der Waals surface area contributed by atoms with Gasteiger partial charge in [0.25, 0.3) is 0 Å². The lowest BCUT2D eigenvalue weighted by Crippen LogP contribution is -2.50. The predicted octanol–water partition coefficient (Wildman–Crippen LogP) is 4.56. The fourth-order valence-electron chi connectivity index (χ4n) is 3.38. The zero-order valence-electron chi connectivity index (χ0n) is 15.7. The molecule has 0 aliphatic carbocycles. The summed E-state index contributed by atoms with van der Waals surface area (Å²) in [6.07, 6.45) is -4.74. The van der Waals surface area contributed by atoms with Crippen molar-refractivity contribution in [3.8, 4) is 5.75 Å². The third-order valence-corrected chi connectivity index (χ3v) is 4.66. The van der Waals surface area contributed by atoms with Crippen LogP contribution in [0.15, 0.2) is 42.5 Å².